The summed E-state index contributed by atoms with van der Waals surface area (Å²) in [4.78, 5) is 34.3. The Labute approximate surface area is 114 Å². The maximum Gasteiger partial charge on any atom is 0.350 e. The molecule has 1 unspecified atom stereocenters. The second-order valence-electron chi connectivity index (χ2n) is 5.47. The van der Waals surface area contributed by atoms with Gasteiger partial charge in [0.2, 0.25) is 0 Å². The molecule has 1 aromatic heterocycles. The summed E-state index contributed by atoms with van der Waals surface area (Å²) in [5.74, 6) is 0. The highest BCUT2D eigenvalue weighted by atomic mass is 16.6. The van der Waals surface area contributed by atoms with Crippen LogP contribution >= 0.6 is 0 Å². The lowest BCUT2D eigenvalue weighted by molar-refractivity contribution is -0.386. The summed E-state index contributed by atoms with van der Waals surface area (Å²) in [6, 6.07) is 0. The number of H-pyrrole nitrogens is 1. The molecule has 0 amide bonds. The van der Waals surface area contributed by atoms with Gasteiger partial charge in [-0.1, -0.05) is 0 Å². The number of aliphatic hydroxyl groups excluding tert-OH is 1. The predicted molar refractivity (Wildman–Crippen MR) is 71.7 cm³/mol. The first kappa shape index (κ1) is 16.1. The van der Waals surface area contributed by atoms with Crippen molar-refractivity contribution in [3.63, 3.8) is 0 Å². The number of β-amino-alcohol motifs (C(OH)–C–C–N with tert-alkyl or cyclic N) is 1. The van der Waals surface area contributed by atoms with Crippen molar-refractivity contribution in [3.05, 3.63) is 37.1 Å². The summed E-state index contributed by atoms with van der Waals surface area (Å²) in [5, 5.41) is 23.5. The molecule has 0 radical (unpaired) electrons. The zero-order chi connectivity index (χ0) is 15.5. The molecule has 20 heavy (non-hydrogen) atoms. The molecule has 1 heterocycles. The molecule has 1 atom stereocenters. The van der Waals surface area contributed by atoms with Crippen LogP contribution < -0.4 is 16.6 Å². The first-order chi connectivity index (χ1) is 9.10. The van der Waals surface area contributed by atoms with Crippen LogP contribution in [0.1, 0.15) is 20.8 Å². The van der Waals surface area contributed by atoms with Gasteiger partial charge in [0.25, 0.3) is 0 Å². The molecule has 0 spiro atoms. The maximum absolute atomic E-state index is 11.5. The minimum absolute atomic E-state index is 0.153. The second kappa shape index (κ2) is 5.97. The molecule has 112 valence electrons. The van der Waals surface area contributed by atoms with Crippen molar-refractivity contribution in [1.29, 1.82) is 0 Å². The van der Waals surface area contributed by atoms with Gasteiger partial charge in [0, 0.05) is 12.1 Å². The molecule has 0 saturated heterocycles. The maximum atomic E-state index is 11.5. The molecule has 0 aliphatic heterocycles. The van der Waals surface area contributed by atoms with Gasteiger partial charge in [-0.25, -0.2) is 4.79 Å². The third-order valence-electron chi connectivity index (χ3n) is 2.46. The Morgan fingerprint density at radius 2 is 2.10 bits per heavy atom. The SMILES string of the molecule is CC(C)(C)NCC(O)Cn1cc([N+](=O)[O-])c(=O)[nH]c1=O. The number of aromatic nitrogens is 2. The van der Waals surface area contributed by atoms with Crippen molar-refractivity contribution >= 4 is 5.69 Å². The summed E-state index contributed by atoms with van der Waals surface area (Å²) in [5.41, 5.74) is -2.79. The van der Waals surface area contributed by atoms with Gasteiger partial charge in [0.1, 0.15) is 0 Å². The van der Waals surface area contributed by atoms with E-state index in [2.05, 4.69) is 5.32 Å². The lowest BCUT2D eigenvalue weighted by Gasteiger charge is -2.23. The number of aromatic amines is 1. The van der Waals surface area contributed by atoms with Gasteiger partial charge < -0.3 is 10.4 Å². The largest absolute Gasteiger partial charge is 0.390 e. The number of hydrogen-bond acceptors (Lipinski definition) is 6. The van der Waals surface area contributed by atoms with E-state index in [1.54, 1.807) is 0 Å². The lowest BCUT2D eigenvalue weighted by atomic mass is 10.1. The number of nitrogens with one attached hydrogen (secondary N) is 2. The molecule has 0 bridgehead atoms. The van der Waals surface area contributed by atoms with E-state index in [1.807, 2.05) is 25.8 Å². The van der Waals surface area contributed by atoms with Gasteiger partial charge in [0.15, 0.2) is 0 Å². The fourth-order valence-electron chi connectivity index (χ4n) is 1.48. The summed E-state index contributed by atoms with van der Waals surface area (Å²) >= 11 is 0. The average molecular weight is 286 g/mol. The molecule has 1 rings (SSSR count). The van der Waals surface area contributed by atoms with Crippen LogP contribution in [0.2, 0.25) is 0 Å². The van der Waals surface area contributed by atoms with E-state index in [-0.39, 0.29) is 18.6 Å². The highest BCUT2D eigenvalue weighted by molar-refractivity contribution is 5.20. The number of rotatable bonds is 5. The summed E-state index contributed by atoms with van der Waals surface area (Å²) in [6.07, 6.45) is -0.0842. The Kier molecular flexibility index (Phi) is 4.79. The summed E-state index contributed by atoms with van der Waals surface area (Å²) in [6.45, 7) is 5.80. The zero-order valence-corrected chi connectivity index (χ0v) is 11.5. The van der Waals surface area contributed by atoms with Crippen molar-refractivity contribution < 1.29 is 10.0 Å². The standard InChI is InChI=1S/C11H18N4O5/c1-11(2,3)12-4-7(16)5-14-6-8(15(19)20)9(17)13-10(14)18/h6-7,12,16H,4-5H2,1-3H3,(H,13,17,18). The van der Waals surface area contributed by atoms with Crippen LogP contribution in [0.5, 0.6) is 0 Å². The highest BCUT2D eigenvalue weighted by Gasteiger charge is 2.17. The van der Waals surface area contributed by atoms with Crippen molar-refractivity contribution in [3.8, 4) is 0 Å². The fourth-order valence-corrected chi connectivity index (χ4v) is 1.48. The third kappa shape index (κ3) is 4.59. The average Bonchev–Trinajstić information content (AvgIpc) is 2.28. The van der Waals surface area contributed by atoms with E-state index in [1.165, 1.54) is 0 Å². The topological polar surface area (TPSA) is 130 Å². The van der Waals surface area contributed by atoms with Crippen LogP contribution in [0, 0.1) is 10.1 Å². The van der Waals surface area contributed by atoms with E-state index in [0.717, 1.165) is 10.8 Å². The highest BCUT2D eigenvalue weighted by Crippen LogP contribution is 2.01. The molecule has 9 heteroatoms. The van der Waals surface area contributed by atoms with Gasteiger partial charge in [-0.15, -0.1) is 0 Å². The monoisotopic (exact) mass is 286 g/mol. The number of nitro groups is 1. The van der Waals surface area contributed by atoms with Crippen LogP contribution in [-0.2, 0) is 6.54 Å². The molecular weight excluding hydrogens is 268 g/mol. The first-order valence-electron chi connectivity index (χ1n) is 6.01. The van der Waals surface area contributed by atoms with E-state index in [9.17, 15) is 24.8 Å². The second-order valence-corrected chi connectivity index (χ2v) is 5.47. The summed E-state index contributed by atoms with van der Waals surface area (Å²) < 4.78 is 0.911. The smallest absolute Gasteiger partial charge is 0.350 e. The van der Waals surface area contributed by atoms with Crippen molar-refractivity contribution in [2.24, 2.45) is 0 Å². The molecule has 0 saturated carbocycles. The van der Waals surface area contributed by atoms with Crippen LogP contribution in [0.15, 0.2) is 15.8 Å². The van der Waals surface area contributed by atoms with Crippen LogP contribution in [-0.4, -0.2) is 37.8 Å². The molecule has 9 nitrogen and oxygen atoms in total. The summed E-state index contributed by atoms with van der Waals surface area (Å²) in [7, 11) is 0. The number of hydrogen-bond donors (Lipinski definition) is 3. The molecular formula is C11H18N4O5. The zero-order valence-electron chi connectivity index (χ0n) is 11.5. The Hall–Kier alpha value is -2.00. The Bertz CT molecular complexity index is 598. The van der Waals surface area contributed by atoms with Crippen LogP contribution in [0.4, 0.5) is 5.69 Å². The van der Waals surface area contributed by atoms with E-state index < -0.39 is 28.0 Å². The molecule has 3 N–H and O–H groups in total. The third-order valence-corrected chi connectivity index (χ3v) is 2.46. The minimum Gasteiger partial charge on any atom is -0.390 e. The van der Waals surface area contributed by atoms with E-state index >= 15 is 0 Å². The number of nitrogens with zero attached hydrogens (tertiary/aromatic N) is 2. The molecule has 0 aliphatic rings. The predicted octanol–water partition coefficient (Wildman–Crippen LogP) is -0.806. The first-order valence-corrected chi connectivity index (χ1v) is 6.01. The minimum atomic E-state index is -1.06. The van der Waals surface area contributed by atoms with E-state index in [0.29, 0.717) is 0 Å². The van der Waals surface area contributed by atoms with Gasteiger partial charge in [-0.2, -0.15) is 0 Å². The molecule has 1 aromatic rings. The van der Waals surface area contributed by atoms with Crippen LogP contribution in [0.25, 0.3) is 0 Å². The van der Waals surface area contributed by atoms with Gasteiger partial charge >= 0.3 is 16.9 Å². The van der Waals surface area contributed by atoms with Crippen molar-refractivity contribution in [1.82, 2.24) is 14.9 Å². The van der Waals surface area contributed by atoms with Crippen molar-refractivity contribution in [2.75, 3.05) is 6.54 Å². The Morgan fingerprint density at radius 1 is 1.50 bits per heavy atom. The molecule has 0 fully saturated rings. The van der Waals surface area contributed by atoms with Crippen LogP contribution in [0.3, 0.4) is 0 Å². The van der Waals surface area contributed by atoms with Gasteiger partial charge in [0.05, 0.1) is 23.8 Å². The fraction of sp³-hybridized carbons (Fsp3) is 0.636. The molecule has 0 aromatic carbocycles. The quantitative estimate of drug-likeness (QED) is 0.479. The Morgan fingerprint density at radius 3 is 2.60 bits per heavy atom. The van der Waals surface area contributed by atoms with E-state index in [4.69, 9.17) is 0 Å². The Balaban J connectivity index is 2.87. The molecule has 0 aliphatic carbocycles. The van der Waals surface area contributed by atoms with Crippen molar-refractivity contribution in [2.45, 2.75) is 39.0 Å². The van der Waals surface area contributed by atoms with Gasteiger partial charge in [-0.05, 0) is 20.8 Å². The normalized spacial score (nSPS) is 13.2. The lowest BCUT2D eigenvalue weighted by Crippen LogP contribution is -2.43. The van der Waals surface area contributed by atoms with Gasteiger partial charge in [-0.3, -0.25) is 24.5 Å². The number of aliphatic hydroxyl groups is 1.